The van der Waals surface area contributed by atoms with Gasteiger partial charge in [-0.05, 0) is 43.7 Å². The van der Waals surface area contributed by atoms with Gasteiger partial charge in [-0.15, -0.1) is 0 Å². The third-order valence-corrected chi connectivity index (χ3v) is 6.13. The average molecular weight is 516 g/mol. The normalized spacial score (nSPS) is 15.6. The minimum atomic E-state index is -0.175. The molecular weight excluding hydrogens is 475 g/mol. The zero-order valence-corrected chi connectivity index (χ0v) is 22.9. The summed E-state index contributed by atoms with van der Waals surface area (Å²) in [5.41, 5.74) is 3.92. The Morgan fingerprint density at radius 2 is 1.77 bits per heavy atom. The molecule has 0 radical (unpaired) electrons. The van der Waals surface area contributed by atoms with Gasteiger partial charge < -0.3 is 16.0 Å². The second-order valence-corrected chi connectivity index (χ2v) is 9.37. The highest BCUT2D eigenvalue weighted by Crippen LogP contribution is 2.31. The summed E-state index contributed by atoms with van der Waals surface area (Å²) in [5, 5.41) is 11.5. The molecule has 0 bridgehead atoms. The molecule has 0 fully saturated rings. The lowest BCUT2D eigenvalue weighted by Gasteiger charge is -2.31. The number of para-hydroxylation sites is 1. The van der Waals surface area contributed by atoms with E-state index in [4.69, 9.17) is 28.2 Å². The highest BCUT2D eigenvalue weighted by molar-refractivity contribution is 6.35. The van der Waals surface area contributed by atoms with E-state index in [1.807, 2.05) is 49.4 Å². The molecule has 1 heterocycles. The molecule has 35 heavy (non-hydrogen) atoms. The molecule has 0 aliphatic carbocycles. The predicted octanol–water partition coefficient (Wildman–Crippen LogP) is 8.50. The first kappa shape index (κ1) is 28.8. The van der Waals surface area contributed by atoms with Gasteiger partial charge in [0, 0.05) is 45.6 Å². The van der Waals surface area contributed by atoms with Crippen molar-refractivity contribution in [3.05, 3.63) is 88.1 Å². The molecular formula is C29H40Cl2N4. The molecule has 0 saturated heterocycles. The van der Waals surface area contributed by atoms with Gasteiger partial charge in [-0.1, -0.05) is 100 Å². The molecule has 0 saturated carbocycles. The third-order valence-electron chi connectivity index (χ3n) is 5.57. The maximum Gasteiger partial charge on any atom is 0.132 e. The number of hydrogen-bond donors (Lipinski definition) is 3. The quantitative estimate of drug-likeness (QED) is 0.208. The maximum absolute atomic E-state index is 6.41. The SMILES string of the molecule is C=C(/C=C\C)NCCCN=C1NC(c2ccc(Cl)cc2Cl)Nc2ccccc21.CCCCCCC. The van der Waals surface area contributed by atoms with Gasteiger partial charge in [0.2, 0.25) is 0 Å². The average Bonchev–Trinajstić information content (AvgIpc) is 2.84. The van der Waals surface area contributed by atoms with Crippen molar-refractivity contribution in [2.24, 2.45) is 4.99 Å². The minimum absolute atomic E-state index is 0.175. The molecule has 1 unspecified atom stereocenters. The molecule has 1 aliphatic heterocycles. The van der Waals surface area contributed by atoms with Crippen molar-refractivity contribution in [3.63, 3.8) is 0 Å². The molecule has 1 atom stereocenters. The lowest BCUT2D eigenvalue weighted by atomic mass is 10.1. The molecule has 0 spiro atoms. The van der Waals surface area contributed by atoms with Gasteiger partial charge in [0.15, 0.2) is 0 Å². The zero-order valence-electron chi connectivity index (χ0n) is 21.3. The standard InChI is InChI=1S/C22H24Cl2N4.C7H16/c1-3-7-15(2)25-12-6-13-26-21-18-8-4-5-9-20(18)27-22(28-21)17-11-10-16(23)14-19(17)24;1-3-5-7-6-4-2/h3-5,7-11,14,22,25,27H,2,6,12-13H2,1H3,(H,26,28);3-7H2,1-2H3/b7-3-;. The smallest absolute Gasteiger partial charge is 0.132 e. The van der Waals surface area contributed by atoms with Crippen molar-refractivity contribution in [1.82, 2.24) is 10.6 Å². The third kappa shape index (κ3) is 9.99. The first-order valence-corrected chi connectivity index (χ1v) is 13.4. The van der Waals surface area contributed by atoms with Crippen LogP contribution in [0.1, 0.15) is 76.6 Å². The molecule has 3 rings (SSSR count). The van der Waals surface area contributed by atoms with E-state index in [0.29, 0.717) is 16.6 Å². The van der Waals surface area contributed by atoms with Crippen molar-refractivity contribution >= 4 is 34.7 Å². The van der Waals surface area contributed by atoms with Crippen molar-refractivity contribution in [2.75, 3.05) is 18.4 Å². The van der Waals surface area contributed by atoms with Gasteiger partial charge in [-0.2, -0.15) is 0 Å². The van der Waals surface area contributed by atoms with Crippen LogP contribution in [-0.4, -0.2) is 18.9 Å². The molecule has 4 nitrogen and oxygen atoms in total. The van der Waals surface area contributed by atoms with Crippen LogP contribution < -0.4 is 16.0 Å². The summed E-state index contributed by atoms with van der Waals surface area (Å²) in [7, 11) is 0. The van der Waals surface area contributed by atoms with E-state index in [1.54, 1.807) is 6.07 Å². The van der Waals surface area contributed by atoms with Crippen LogP contribution in [0.25, 0.3) is 0 Å². The summed E-state index contributed by atoms with van der Waals surface area (Å²) >= 11 is 12.5. The number of hydrogen-bond acceptors (Lipinski definition) is 3. The van der Waals surface area contributed by atoms with Crippen LogP contribution in [0, 0.1) is 0 Å². The van der Waals surface area contributed by atoms with E-state index < -0.39 is 0 Å². The molecule has 2 aromatic rings. The Morgan fingerprint density at radius 1 is 1.03 bits per heavy atom. The highest BCUT2D eigenvalue weighted by Gasteiger charge is 2.24. The number of halogens is 2. The number of anilines is 1. The fourth-order valence-electron chi connectivity index (χ4n) is 3.70. The van der Waals surface area contributed by atoms with E-state index in [9.17, 15) is 0 Å². The lowest BCUT2D eigenvalue weighted by Crippen LogP contribution is -2.39. The van der Waals surface area contributed by atoms with Crippen LogP contribution in [0.4, 0.5) is 5.69 Å². The molecule has 2 aromatic carbocycles. The first-order chi connectivity index (χ1) is 17.0. The van der Waals surface area contributed by atoms with Gasteiger partial charge >= 0.3 is 0 Å². The summed E-state index contributed by atoms with van der Waals surface area (Å²) in [4.78, 5) is 4.80. The van der Waals surface area contributed by atoms with E-state index in [-0.39, 0.29) is 6.17 Å². The topological polar surface area (TPSA) is 48.5 Å². The number of nitrogens with zero attached hydrogens (tertiary/aromatic N) is 1. The first-order valence-electron chi connectivity index (χ1n) is 12.7. The predicted molar refractivity (Wildman–Crippen MR) is 155 cm³/mol. The number of unbranched alkanes of at least 4 members (excludes halogenated alkanes) is 4. The van der Waals surface area contributed by atoms with Crippen LogP contribution in [-0.2, 0) is 0 Å². The second-order valence-electron chi connectivity index (χ2n) is 8.53. The number of benzene rings is 2. The van der Waals surface area contributed by atoms with Gasteiger partial charge in [-0.3, -0.25) is 4.99 Å². The Hall–Kier alpha value is -2.43. The lowest BCUT2D eigenvalue weighted by molar-refractivity contribution is 0.656. The van der Waals surface area contributed by atoms with Crippen LogP contribution in [0.15, 0.2) is 71.9 Å². The van der Waals surface area contributed by atoms with Gasteiger partial charge in [0.25, 0.3) is 0 Å². The largest absolute Gasteiger partial charge is 0.385 e. The fraction of sp³-hybridized carbons (Fsp3) is 0.414. The van der Waals surface area contributed by atoms with Crippen LogP contribution in [0.5, 0.6) is 0 Å². The summed E-state index contributed by atoms with van der Waals surface area (Å²) in [6, 6.07) is 13.6. The van der Waals surface area contributed by atoms with Crippen molar-refractivity contribution in [2.45, 2.75) is 65.5 Å². The molecule has 0 amide bonds. The summed E-state index contributed by atoms with van der Waals surface area (Å²) < 4.78 is 0. The number of amidine groups is 1. The van der Waals surface area contributed by atoms with Crippen molar-refractivity contribution in [3.8, 4) is 0 Å². The summed E-state index contributed by atoms with van der Waals surface area (Å²) in [5.74, 6) is 0.859. The Kier molecular flexibility index (Phi) is 13.4. The van der Waals surface area contributed by atoms with E-state index >= 15 is 0 Å². The zero-order chi connectivity index (χ0) is 25.5. The summed E-state index contributed by atoms with van der Waals surface area (Å²) in [6.45, 7) is 11.9. The number of allylic oxidation sites excluding steroid dienone is 2. The summed E-state index contributed by atoms with van der Waals surface area (Å²) in [6.07, 6.45) is 11.7. The number of aliphatic imine (C=N–C) groups is 1. The molecule has 1 aliphatic rings. The monoisotopic (exact) mass is 514 g/mol. The minimum Gasteiger partial charge on any atom is -0.385 e. The van der Waals surface area contributed by atoms with E-state index in [0.717, 1.165) is 41.3 Å². The molecule has 3 N–H and O–H groups in total. The molecule has 6 heteroatoms. The van der Waals surface area contributed by atoms with Gasteiger partial charge in [-0.25, -0.2) is 0 Å². The highest BCUT2D eigenvalue weighted by atomic mass is 35.5. The fourth-order valence-corrected chi connectivity index (χ4v) is 4.22. The number of rotatable bonds is 11. The Morgan fingerprint density at radius 3 is 2.46 bits per heavy atom. The molecule has 0 aromatic heterocycles. The van der Waals surface area contributed by atoms with Gasteiger partial charge in [0.05, 0.1) is 0 Å². The van der Waals surface area contributed by atoms with Gasteiger partial charge in [0.1, 0.15) is 12.0 Å². The Bertz CT molecular complexity index is 980. The number of fused-ring (bicyclic) bond motifs is 1. The number of nitrogens with one attached hydrogen (secondary N) is 3. The maximum atomic E-state index is 6.41. The van der Waals surface area contributed by atoms with E-state index in [1.165, 1.54) is 32.1 Å². The second kappa shape index (κ2) is 16.3. The Balaban J connectivity index is 0.000000540. The molecule has 190 valence electrons. The van der Waals surface area contributed by atoms with Crippen LogP contribution >= 0.6 is 23.2 Å². The van der Waals surface area contributed by atoms with E-state index in [2.05, 4.69) is 42.4 Å². The Labute approximate surface area is 221 Å². The van der Waals surface area contributed by atoms with Crippen LogP contribution in [0.3, 0.4) is 0 Å². The van der Waals surface area contributed by atoms with Crippen LogP contribution in [0.2, 0.25) is 10.0 Å². The van der Waals surface area contributed by atoms with Crippen molar-refractivity contribution in [1.29, 1.82) is 0 Å². The van der Waals surface area contributed by atoms with Crippen molar-refractivity contribution < 1.29 is 0 Å².